The molecule has 1 saturated carbocycles. The number of nitrogens with one attached hydrogen (secondary N) is 2. The van der Waals surface area contributed by atoms with Crippen molar-refractivity contribution < 1.29 is 29.0 Å². The maximum atomic E-state index is 14.0. The molecule has 2 aliphatic heterocycles. The molecule has 5 atom stereocenters. The number of halogens is 2. The molecule has 0 aromatic carbocycles. The lowest BCUT2D eigenvalue weighted by molar-refractivity contribution is -0.145. The Bertz CT molecular complexity index is 1310. The molecule has 41 heavy (non-hydrogen) atoms. The Balaban J connectivity index is 1.69. The highest BCUT2D eigenvalue weighted by Gasteiger charge is 2.61. The number of aliphatic carboxylic acids is 1. The smallest absolute Gasteiger partial charge is 0.408 e. The Kier molecular flexibility index (Phi) is 9.32. The van der Waals surface area contributed by atoms with Crippen LogP contribution in [-0.4, -0.2) is 73.4 Å². The monoisotopic (exact) mass is 699 g/mol. The number of carboxylic acid groups (broad SMARTS) is 1. The molecule has 3 heterocycles. The fraction of sp³-hybridized carbons (Fsp3) is 0.630. The number of nitrogens with zero attached hydrogens (tertiary/aromatic N) is 3. The molecule has 0 spiro atoms. The molecule has 4 rings (SSSR count). The van der Waals surface area contributed by atoms with Crippen LogP contribution < -0.4 is 16.2 Å². The summed E-state index contributed by atoms with van der Waals surface area (Å²) in [6.07, 6.45) is 8.04. The average Bonchev–Trinajstić information content (AvgIpc) is 3.40. The van der Waals surface area contributed by atoms with Crippen molar-refractivity contribution in [2.75, 3.05) is 6.54 Å². The van der Waals surface area contributed by atoms with Gasteiger partial charge in [-0.3, -0.25) is 14.4 Å². The zero-order chi connectivity index (χ0) is 30.1. The lowest BCUT2D eigenvalue weighted by atomic mass is 10.0. The summed E-state index contributed by atoms with van der Waals surface area (Å²) in [5.74, 6) is -2.64. The largest absolute Gasteiger partial charge is 0.479 e. The second-order valence-corrected chi connectivity index (χ2v) is 13.4. The first-order valence-corrected chi connectivity index (χ1v) is 15.3. The predicted molar refractivity (Wildman–Crippen MR) is 155 cm³/mol. The zero-order valence-corrected chi connectivity index (χ0v) is 26.4. The van der Waals surface area contributed by atoms with Crippen LogP contribution in [0, 0.1) is 5.92 Å². The van der Waals surface area contributed by atoms with Gasteiger partial charge < -0.3 is 25.4 Å². The van der Waals surface area contributed by atoms with E-state index in [1.54, 1.807) is 20.8 Å². The summed E-state index contributed by atoms with van der Waals surface area (Å²) in [7, 11) is 0. The highest BCUT2D eigenvalue weighted by Crippen LogP contribution is 2.45. The quantitative estimate of drug-likeness (QED) is 0.405. The summed E-state index contributed by atoms with van der Waals surface area (Å²) >= 11 is 6.50. The first-order valence-electron chi connectivity index (χ1n) is 13.7. The van der Waals surface area contributed by atoms with Crippen molar-refractivity contribution in [1.29, 1.82) is 0 Å². The van der Waals surface area contributed by atoms with Crippen LogP contribution in [0.3, 0.4) is 0 Å². The van der Waals surface area contributed by atoms with Crippen LogP contribution >= 0.6 is 31.9 Å². The van der Waals surface area contributed by atoms with Crippen LogP contribution in [0.2, 0.25) is 0 Å². The first kappa shape index (κ1) is 31.2. The minimum Gasteiger partial charge on any atom is -0.479 e. The van der Waals surface area contributed by atoms with Gasteiger partial charge in [0.15, 0.2) is 0 Å². The molecule has 0 unspecified atom stereocenters. The standard InChI is InChI=1S/C27H35Br2N5O7/c1-26(2,3)41-25(40)31-18-10-8-6-4-5-7-9-15-12-27(15,24(38)39)32-21(35)19-11-16(14-33(19)22(18)36)34-23(37)20(29)17(28)13-30-34/h7,9,13,15-16,18-19H,4-6,8,10-12,14H2,1-3H3,(H,31,40)(H,32,35)(H,38,39)/t15-,16+,18+,19+,27-/m1/s1. The fourth-order valence-electron chi connectivity index (χ4n) is 5.39. The number of alkyl carbamates (subject to hydrolysis) is 1. The summed E-state index contributed by atoms with van der Waals surface area (Å²) in [6, 6.07) is -2.73. The van der Waals surface area contributed by atoms with E-state index < -0.39 is 58.7 Å². The normalized spacial score (nSPS) is 29.0. The van der Waals surface area contributed by atoms with Crippen LogP contribution in [0.1, 0.15) is 71.8 Å². The maximum absolute atomic E-state index is 14.0. The molecule has 2 fully saturated rings. The summed E-state index contributed by atoms with van der Waals surface area (Å²) in [5, 5.41) is 19.6. The molecular formula is C27H35Br2N5O7. The Morgan fingerprint density at radius 3 is 2.61 bits per heavy atom. The number of hydrogen-bond acceptors (Lipinski definition) is 7. The highest BCUT2D eigenvalue weighted by atomic mass is 79.9. The summed E-state index contributed by atoms with van der Waals surface area (Å²) in [5.41, 5.74) is -2.68. The van der Waals surface area contributed by atoms with Gasteiger partial charge in [-0.05, 0) is 78.3 Å². The van der Waals surface area contributed by atoms with Crippen LogP contribution in [0.4, 0.5) is 4.79 Å². The van der Waals surface area contributed by atoms with Crippen molar-refractivity contribution in [3.63, 3.8) is 0 Å². The van der Waals surface area contributed by atoms with Crippen LogP contribution in [0.5, 0.6) is 0 Å². The number of carbonyl (C=O) groups excluding carboxylic acids is 3. The van der Waals surface area contributed by atoms with Crippen LogP contribution in [-0.2, 0) is 19.1 Å². The molecule has 1 aliphatic carbocycles. The van der Waals surface area contributed by atoms with Gasteiger partial charge in [-0.2, -0.15) is 5.10 Å². The Labute approximate surface area is 254 Å². The van der Waals surface area contributed by atoms with Crippen molar-refractivity contribution >= 4 is 55.7 Å². The number of amides is 3. The second kappa shape index (κ2) is 12.2. The average molecular weight is 701 g/mol. The van der Waals surface area contributed by atoms with Crippen molar-refractivity contribution in [2.24, 2.45) is 5.92 Å². The van der Waals surface area contributed by atoms with E-state index in [9.17, 15) is 29.1 Å². The van der Waals surface area contributed by atoms with Crippen LogP contribution in [0.15, 0.2) is 32.1 Å². The maximum Gasteiger partial charge on any atom is 0.408 e. The first-order chi connectivity index (χ1) is 19.2. The van der Waals surface area contributed by atoms with E-state index in [1.807, 2.05) is 12.2 Å². The molecule has 3 N–H and O–H groups in total. The number of ether oxygens (including phenoxy) is 1. The third kappa shape index (κ3) is 7.02. The van der Waals surface area contributed by atoms with E-state index >= 15 is 0 Å². The van der Waals surface area contributed by atoms with Crippen molar-refractivity contribution in [3.05, 3.63) is 37.6 Å². The third-order valence-electron chi connectivity index (χ3n) is 7.58. The van der Waals surface area contributed by atoms with E-state index in [0.717, 1.165) is 19.3 Å². The minimum absolute atomic E-state index is 0.0339. The van der Waals surface area contributed by atoms with E-state index in [-0.39, 0.29) is 29.8 Å². The topological polar surface area (TPSA) is 160 Å². The Morgan fingerprint density at radius 1 is 1.20 bits per heavy atom. The van der Waals surface area contributed by atoms with Crippen molar-refractivity contribution in [3.8, 4) is 0 Å². The lowest BCUT2D eigenvalue weighted by Gasteiger charge is -2.30. The van der Waals surface area contributed by atoms with Gasteiger partial charge in [0.2, 0.25) is 11.8 Å². The van der Waals surface area contributed by atoms with E-state index in [4.69, 9.17) is 4.74 Å². The number of rotatable bonds is 3. The number of aromatic nitrogens is 2. The van der Waals surface area contributed by atoms with Gasteiger partial charge in [0.05, 0.1) is 16.7 Å². The zero-order valence-electron chi connectivity index (χ0n) is 23.2. The number of hydrogen-bond donors (Lipinski definition) is 3. The van der Waals surface area contributed by atoms with Crippen LogP contribution in [0.25, 0.3) is 0 Å². The molecule has 0 bridgehead atoms. The molecule has 1 aromatic heterocycles. The number of allylic oxidation sites excluding steroid dienone is 1. The SMILES string of the molecule is CC(C)(C)OC(=O)N[C@H]1CCCCCC=C[C@@H]2C[C@@]2(C(=O)O)NC(=O)[C@@H]2C[C@H](n3ncc(Br)c(Br)c3=O)CN2C1=O. The number of fused-ring (bicyclic) bond motifs is 2. The van der Waals surface area contributed by atoms with Gasteiger partial charge in [-0.15, -0.1) is 0 Å². The second-order valence-electron chi connectivity index (χ2n) is 11.8. The van der Waals surface area contributed by atoms with E-state index in [2.05, 4.69) is 47.6 Å². The lowest BCUT2D eigenvalue weighted by Crippen LogP contribution is -2.56. The van der Waals surface area contributed by atoms with Gasteiger partial charge in [0, 0.05) is 18.9 Å². The Hall–Kier alpha value is -2.74. The molecule has 0 radical (unpaired) electrons. The highest BCUT2D eigenvalue weighted by molar-refractivity contribution is 9.13. The molecule has 1 saturated heterocycles. The molecule has 1 aromatic rings. The van der Waals surface area contributed by atoms with Gasteiger partial charge in [-0.1, -0.05) is 25.0 Å². The fourth-order valence-corrected chi connectivity index (χ4v) is 5.93. The van der Waals surface area contributed by atoms with E-state index in [0.29, 0.717) is 17.3 Å². The van der Waals surface area contributed by atoms with Gasteiger partial charge in [0.1, 0.15) is 27.7 Å². The summed E-state index contributed by atoms with van der Waals surface area (Å²) in [4.78, 5) is 67.0. The minimum atomic E-state index is -1.45. The van der Waals surface area contributed by atoms with Gasteiger partial charge in [0.25, 0.3) is 5.56 Å². The molecular weight excluding hydrogens is 666 g/mol. The Morgan fingerprint density at radius 2 is 1.93 bits per heavy atom. The van der Waals surface area contributed by atoms with Gasteiger partial charge >= 0.3 is 12.1 Å². The molecule has 3 aliphatic rings. The van der Waals surface area contributed by atoms with Crippen molar-refractivity contribution in [1.82, 2.24) is 25.3 Å². The molecule has 14 heteroatoms. The molecule has 224 valence electrons. The number of carboxylic acids is 1. The summed E-state index contributed by atoms with van der Waals surface area (Å²) < 4.78 is 7.31. The third-order valence-corrected chi connectivity index (χ3v) is 9.47. The molecule has 12 nitrogen and oxygen atoms in total. The van der Waals surface area contributed by atoms with Gasteiger partial charge in [-0.25, -0.2) is 14.3 Å². The number of carbonyl (C=O) groups is 4. The summed E-state index contributed by atoms with van der Waals surface area (Å²) in [6.45, 7) is 5.12. The van der Waals surface area contributed by atoms with Crippen molar-refractivity contribution in [2.45, 2.75) is 95.0 Å². The molecule has 3 amide bonds. The van der Waals surface area contributed by atoms with E-state index in [1.165, 1.54) is 15.8 Å². The predicted octanol–water partition coefficient (Wildman–Crippen LogP) is 3.28.